The van der Waals surface area contributed by atoms with Crippen molar-refractivity contribution in [2.45, 2.75) is 53.2 Å². The van der Waals surface area contributed by atoms with Gasteiger partial charge >= 0.3 is 0 Å². The number of carbonyl (C=O) groups is 1. The molecule has 0 saturated carbocycles. The first-order valence-corrected chi connectivity index (χ1v) is 8.37. The van der Waals surface area contributed by atoms with Gasteiger partial charge in [-0.1, -0.05) is 26.8 Å². The molecule has 2 unspecified atom stereocenters. The first-order valence-electron chi connectivity index (χ1n) is 8.37. The molecule has 0 saturated heterocycles. The highest BCUT2D eigenvalue weighted by Gasteiger charge is 2.22. The second kappa shape index (κ2) is 7.68. The van der Waals surface area contributed by atoms with E-state index in [0.717, 1.165) is 24.5 Å². The highest BCUT2D eigenvalue weighted by atomic mass is 16.7. The number of carbonyl (C=O) groups excluding carboxylic acids is 1. The maximum Gasteiger partial charge on any atom is 0.231 e. The molecule has 1 N–H and O–H groups in total. The van der Waals surface area contributed by atoms with E-state index in [1.165, 1.54) is 5.56 Å². The van der Waals surface area contributed by atoms with Gasteiger partial charge in [-0.3, -0.25) is 9.69 Å². The third kappa shape index (κ3) is 4.38. The van der Waals surface area contributed by atoms with Crippen molar-refractivity contribution in [3.63, 3.8) is 0 Å². The Morgan fingerprint density at radius 3 is 2.57 bits per heavy atom. The van der Waals surface area contributed by atoms with Crippen LogP contribution in [0.1, 0.15) is 40.2 Å². The standard InChI is InChI=1S/C18H28N2O3/c1-6-20(14(5)19-18(21)12(2)3)13(4)9-15-7-8-16-17(10-15)23-11-22-16/h7-8,10,12-14H,6,9,11H2,1-5H3,(H,19,21). The van der Waals surface area contributed by atoms with E-state index < -0.39 is 0 Å². The van der Waals surface area contributed by atoms with Crippen molar-refractivity contribution in [2.75, 3.05) is 13.3 Å². The van der Waals surface area contributed by atoms with E-state index in [1.807, 2.05) is 32.9 Å². The molecule has 1 aliphatic heterocycles. The first kappa shape index (κ1) is 17.6. The quantitative estimate of drug-likeness (QED) is 0.785. The van der Waals surface area contributed by atoms with Crippen molar-refractivity contribution in [3.8, 4) is 11.5 Å². The summed E-state index contributed by atoms with van der Waals surface area (Å²) in [5.74, 6) is 1.72. The summed E-state index contributed by atoms with van der Waals surface area (Å²) in [6.45, 7) is 11.3. The molecule has 0 spiro atoms. The zero-order valence-electron chi connectivity index (χ0n) is 14.8. The summed E-state index contributed by atoms with van der Waals surface area (Å²) in [6.07, 6.45) is 0.908. The molecule has 5 nitrogen and oxygen atoms in total. The number of ether oxygens (including phenoxy) is 2. The molecule has 1 aromatic rings. The van der Waals surface area contributed by atoms with Crippen molar-refractivity contribution >= 4 is 5.91 Å². The molecule has 0 fully saturated rings. The van der Waals surface area contributed by atoms with E-state index in [9.17, 15) is 4.79 Å². The largest absolute Gasteiger partial charge is 0.454 e. The van der Waals surface area contributed by atoms with Gasteiger partial charge in [-0.05, 0) is 44.5 Å². The SMILES string of the molecule is CCN(C(C)Cc1ccc2c(c1)OCO2)C(C)NC(=O)C(C)C. The second-order valence-corrected chi connectivity index (χ2v) is 6.41. The fourth-order valence-corrected chi connectivity index (χ4v) is 2.95. The summed E-state index contributed by atoms with van der Waals surface area (Å²) in [5.41, 5.74) is 1.21. The molecule has 5 heteroatoms. The van der Waals surface area contributed by atoms with Crippen molar-refractivity contribution in [1.29, 1.82) is 0 Å². The fraction of sp³-hybridized carbons (Fsp3) is 0.611. The Kier molecular flexibility index (Phi) is 5.88. The molecule has 0 aliphatic carbocycles. The van der Waals surface area contributed by atoms with Crippen molar-refractivity contribution in [3.05, 3.63) is 23.8 Å². The lowest BCUT2D eigenvalue weighted by molar-refractivity contribution is -0.126. The average Bonchev–Trinajstić information content (AvgIpc) is 2.95. The minimum absolute atomic E-state index is 0.000298. The van der Waals surface area contributed by atoms with Crippen molar-refractivity contribution < 1.29 is 14.3 Å². The molecule has 128 valence electrons. The Bertz CT molecular complexity index is 545. The second-order valence-electron chi connectivity index (χ2n) is 6.41. The molecule has 1 amide bonds. The van der Waals surface area contributed by atoms with Crippen LogP contribution in [-0.4, -0.2) is 36.4 Å². The third-order valence-corrected chi connectivity index (χ3v) is 4.27. The van der Waals surface area contributed by atoms with Gasteiger partial charge in [0.15, 0.2) is 11.5 Å². The van der Waals surface area contributed by atoms with E-state index in [-0.39, 0.29) is 18.0 Å². The van der Waals surface area contributed by atoms with E-state index in [2.05, 4.69) is 30.1 Å². The number of hydrogen-bond donors (Lipinski definition) is 1. The number of benzene rings is 1. The lowest BCUT2D eigenvalue weighted by atomic mass is 10.0. The number of amides is 1. The first-order chi connectivity index (χ1) is 10.9. The Balaban J connectivity index is 1.99. The van der Waals surface area contributed by atoms with Crippen LogP contribution >= 0.6 is 0 Å². The summed E-state index contributed by atoms with van der Waals surface area (Å²) in [6, 6.07) is 6.40. The molecule has 2 atom stereocenters. The molecule has 0 bridgehead atoms. The van der Waals surface area contributed by atoms with Gasteiger partial charge in [0, 0.05) is 12.0 Å². The molecule has 0 radical (unpaired) electrons. The predicted molar refractivity (Wildman–Crippen MR) is 90.6 cm³/mol. The monoisotopic (exact) mass is 320 g/mol. The van der Waals surface area contributed by atoms with Crippen LogP contribution < -0.4 is 14.8 Å². The lowest BCUT2D eigenvalue weighted by Gasteiger charge is -2.34. The van der Waals surface area contributed by atoms with Gasteiger partial charge in [-0.25, -0.2) is 0 Å². The molecule has 1 aromatic carbocycles. The zero-order chi connectivity index (χ0) is 17.0. The predicted octanol–water partition coefficient (Wildman–Crippen LogP) is 2.79. The van der Waals surface area contributed by atoms with Crippen LogP contribution in [0.3, 0.4) is 0 Å². The van der Waals surface area contributed by atoms with Gasteiger partial charge < -0.3 is 14.8 Å². The molecule has 0 aromatic heterocycles. The van der Waals surface area contributed by atoms with Crippen LogP contribution in [-0.2, 0) is 11.2 Å². The normalized spacial score (nSPS) is 15.8. The topological polar surface area (TPSA) is 50.8 Å². The van der Waals surface area contributed by atoms with E-state index in [1.54, 1.807) is 0 Å². The molecular weight excluding hydrogens is 292 g/mol. The van der Waals surface area contributed by atoms with Gasteiger partial charge in [0.25, 0.3) is 0 Å². The Morgan fingerprint density at radius 2 is 1.91 bits per heavy atom. The number of likely N-dealkylation sites (N-methyl/N-ethyl adjacent to an activating group) is 1. The van der Waals surface area contributed by atoms with Crippen molar-refractivity contribution in [2.24, 2.45) is 5.92 Å². The van der Waals surface area contributed by atoms with Crippen LogP contribution in [0.4, 0.5) is 0 Å². The van der Waals surface area contributed by atoms with Gasteiger partial charge in [-0.15, -0.1) is 0 Å². The summed E-state index contributed by atoms with van der Waals surface area (Å²) < 4.78 is 10.8. The van der Waals surface area contributed by atoms with Crippen LogP contribution in [0.2, 0.25) is 0 Å². The van der Waals surface area contributed by atoms with Gasteiger partial charge in [0.2, 0.25) is 12.7 Å². The minimum Gasteiger partial charge on any atom is -0.454 e. The number of hydrogen-bond acceptors (Lipinski definition) is 4. The molecule has 1 aliphatic rings. The maximum atomic E-state index is 11.9. The van der Waals surface area contributed by atoms with E-state index in [0.29, 0.717) is 12.8 Å². The Labute approximate surface area is 139 Å². The number of nitrogens with zero attached hydrogens (tertiary/aromatic N) is 1. The summed E-state index contributed by atoms with van der Waals surface area (Å²) >= 11 is 0. The van der Waals surface area contributed by atoms with Crippen LogP contribution in [0.25, 0.3) is 0 Å². The van der Waals surface area contributed by atoms with Crippen molar-refractivity contribution in [1.82, 2.24) is 10.2 Å². The fourth-order valence-electron chi connectivity index (χ4n) is 2.95. The highest BCUT2D eigenvalue weighted by molar-refractivity contribution is 5.78. The molecule has 1 heterocycles. The summed E-state index contributed by atoms with van der Waals surface area (Å²) in [4.78, 5) is 14.2. The lowest BCUT2D eigenvalue weighted by Crippen LogP contribution is -2.51. The van der Waals surface area contributed by atoms with Gasteiger partial charge in [0.1, 0.15) is 0 Å². The number of nitrogens with one attached hydrogen (secondary N) is 1. The van der Waals surface area contributed by atoms with Gasteiger partial charge in [-0.2, -0.15) is 0 Å². The zero-order valence-corrected chi connectivity index (χ0v) is 14.8. The minimum atomic E-state index is 0.000298. The molecule has 2 rings (SSSR count). The number of rotatable bonds is 7. The third-order valence-electron chi connectivity index (χ3n) is 4.27. The highest BCUT2D eigenvalue weighted by Crippen LogP contribution is 2.33. The Hall–Kier alpha value is -1.75. The number of fused-ring (bicyclic) bond motifs is 1. The summed E-state index contributed by atoms with van der Waals surface area (Å²) in [5, 5.41) is 3.08. The van der Waals surface area contributed by atoms with Crippen LogP contribution in [0.15, 0.2) is 18.2 Å². The van der Waals surface area contributed by atoms with E-state index >= 15 is 0 Å². The summed E-state index contributed by atoms with van der Waals surface area (Å²) in [7, 11) is 0. The van der Waals surface area contributed by atoms with Crippen LogP contribution in [0.5, 0.6) is 11.5 Å². The van der Waals surface area contributed by atoms with Gasteiger partial charge in [0.05, 0.1) is 6.17 Å². The molecule has 23 heavy (non-hydrogen) atoms. The Morgan fingerprint density at radius 1 is 1.22 bits per heavy atom. The smallest absolute Gasteiger partial charge is 0.231 e. The van der Waals surface area contributed by atoms with Crippen LogP contribution in [0, 0.1) is 5.92 Å². The molecular formula is C18H28N2O3. The average molecular weight is 320 g/mol. The maximum absolute atomic E-state index is 11.9. The van der Waals surface area contributed by atoms with E-state index in [4.69, 9.17) is 9.47 Å².